The van der Waals surface area contributed by atoms with Gasteiger partial charge in [-0.2, -0.15) is 0 Å². The number of carboxylic acid groups (broad SMARTS) is 2. The molecule has 34 heavy (non-hydrogen) atoms. The number of aromatic nitrogens is 1. The number of aliphatic carboxylic acids is 1. The molecule has 0 aliphatic carbocycles. The van der Waals surface area contributed by atoms with E-state index in [0.29, 0.717) is 11.3 Å². The summed E-state index contributed by atoms with van der Waals surface area (Å²) in [6, 6.07) is 10.2. The first-order valence-electron chi connectivity index (χ1n) is 9.72. The molecule has 0 aliphatic heterocycles. The van der Waals surface area contributed by atoms with Crippen LogP contribution in [0, 0.1) is 0 Å². The average molecular weight is 502 g/mol. The maximum Gasteiger partial charge on any atom is 0.335 e. The van der Waals surface area contributed by atoms with Gasteiger partial charge in [0.1, 0.15) is 6.04 Å². The largest absolute Gasteiger partial charge is 0.480 e. The van der Waals surface area contributed by atoms with Gasteiger partial charge in [-0.25, -0.2) is 9.59 Å². The quantitative estimate of drug-likeness (QED) is 0.367. The summed E-state index contributed by atoms with van der Waals surface area (Å²) < 4.78 is 0. The van der Waals surface area contributed by atoms with Crippen molar-refractivity contribution in [1.82, 2.24) is 10.3 Å². The zero-order valence-electron chi connectivity index (χ0n) is 17.3. The number of aromatic carboxylic acids is 1. The molecule has 11 heteroatoms. The Morgan fingerprint density at radius 2 is 1.38 bits per heavy atom. The molecule has 1 atom stereocenters. The van der Waals surface area contributed by atoms with Crippen molar-refractivity contribution in [1.29, 1.82) is 0 Å². The van der Waals surface area contributed by atoms with Gasteiger partial charge in [0.2, 0.25) is 0 Å². The van der Waals surface area contributed by atoms with Crippen LogP contribution in [0.25, 0.3) is 0 Å². The van der Waals surface area contributed by atoms with Gasteiger partial charge in [-0.15, -0.1) is 0 Å². The van der Waals surface area contributed by atoms with E-state index in [2.05, 4.69) is 15.6 Å². The third kappa shape index (κ3) is 6.09. The Morgan fingerprint density at radius 3 is 1.91 bits per heavy atom. The molecule has 3 rings (SSSR count). The van der Waals surface area contributed by atoms with E-state index >= 15 is 0 Å². The van der Waals surface area contributed by atoms with E-state index in [0.717, 1.165) is 0 Å². The monoisotopic (exact) mass is 501 g/mol. The lowest BCUT2D eigenvalue weighted by Gasteiger charge is -2.15. The molecule has 0 unspecified atom stereocenters. The van der Waals surface area contributed by atoms with Crippen LogP contribution in [0.3, 0.4) is 0 Å². The second kappa shape index (κ2) is 10.8. The van der Waals surface area contributed by atoms with Gasteiger partial charge < -0.3 is 20.8 Å². The fourth-order valence-electron chi connectivity index (χ4n) is 2.99. The van der Waals surface area contributed by atoms with Crippen LogP contribution in [-0.4, -0.2) is 45.0 Å². The normalized spacial score (nSPS) is 11.4. The summed E-state index contributed by atoms with van der Waals surface area (Å²) in [4.78, 5) is 51.2. The summed E-state index contributed by atoms with van der Waals surface area (Å²) >= 11 is 12.0. The van der Waals surface area contributed by atoms with Crippen molar-refractivity contribution < 1.29 is 29.4 Å². The van der Waals surface area contributed by atoms with Crippen LogP contribution < -0.4 is 10.6 Å². The van der Waals surface area contributed by atoms with Gasteiger partial charge in [-0.3, -0.25) is 14.6 Å². The Kier molecular flexibility index (Phi) is 7.83. The van der Waals surface area contributed by atoms with Gasteiger partial charge in [0.05, 0.1) is 21.2 Å². The molecule has 2 amide bonds. The van der Waals surface area contributed by atoms with E-state index in [9.17, 15) is 24.3 Å². The standard InChI is InChI=1S/C23H17Cl2N3O6/c24-16-10-26-11-17(25)19(16)21(30)27-15-7-1-12(2-8-15)9-18(23(33)34)28-20(29)13-3-5-14(6-4-13)22(31)32/h1-8,10-11,18H,9H2,(H,27,30)(H,28,29)(H,31,32)(H,33,34)/t18-/m0/s1. The zero-order valence-corrected chi connectivity index (χ0v) is 18.8. The summed E-state index contributed by atoms with van der Waals surface area (Å²) in [5.74, 6) is -3.56. The van der Waals surface area contributed by atoms with E-state index in [1.54, 1.807) is 24.3 Å². The predicted octanol–water partition coefficient (Wildman–Crippen LogP) is 3.76. The summed E-state index contributed by atoms with van der Waals surface area (Å²) in [5.41, 5.74) is 1.22. The van der Waals surface area contributed by atoms with Gasteiger partial charge in [0.15, 0.2) is 0 Å². The zero-order chi connectivity index (χ0) is 24.8. The third-order valence-electron chi connectivity index (χ3n) is 4.73. The number of pyridine rings is 1. The Morgan fingerprint density at radius 1 is 0.824 bits per heavy atom. The molecule has 0 spiro atoms. The highest BCUT2D eigenvalue weighted by atomic mass is 35.5. The van der Waals surface area contributed by atoms with Gasteiger partial charge >= 0.3 is 11.9 Å². The summed E-state index contributed by atoms with van der Waals surface area (Å²) in [7, 11) is 0. The maximum absolute atomic E-state index is 12.5. The molecule has 3 aromatic rings. The molecule has 0 saturated carbocycles. The highest BCUT2D eigenvalue weighted by Crippen LogP contribution is 2.24. The number of hydrogen-bond acceptors (Lipinski definition) is 5. The van der Waals surface area contributed by atoms with Crippen LogP contribution in [0.4, 0.5) is 5.69 Å². The van der Waals surface area contributed by atoms with Crippen LogP contribution >= 0.6 is 23.2 Å². The minimum Gasteiger partial charge on any atom is -0.480 e. The summed E-state index contributed by atoms with van der Waals surface area (Å²) in [6.07, 6.45) is 2.57. The van der Waals surface area contributed by atoms with Crippen LogP contribution in [0.1, 0.15) is 36.6 Å². The second-order valence-electron chi connectivity index (χ2n) is 7.08. The van der Waals surface area contributed by atoms with Crippen LogP contribution in [0.2, 0.25) is 10.0 Å². The summed E-state index contributed by atoms with van der Waals surface area (Å²) in [6.45, 7) is 0. The number of amides is 2. The van der Waals surface area contributed by atoms with E-state index < -0.39 is 29.8 Å². The minimum absolute atomic E-state index is 0.00647. The van der Waals surface area contributed by atoms with E-state index in [-0.39, 0.29) is 33.2 Å². The first-order chi connectivity index (χ1) is 16.2. The Balaban J connectivity index is 1.66. The van der Waals surface area contributed by atoms with Crippen molar-refractivity contribution in [2.24, 2.45) is 0 Å². The van der Waals surface area contributed by atoms with Gasteiger partial charge in [0, 0.05) is 30.1 Å². The number of carbonyl (C=O) groups is 4. The number of nitrogens with zero attached hydrogens (tertiary/aromatic N) is 1. The molecule has 2 aromatic carbocycles. The lowest BCUT2D eigenvalue weighted by Crippen LogP contribution is -2.42. The fourth-order valence-corrected chi connectivity index (χ4v) is 3.52. The van der Waals surface area contributed by atoms with Crippen molar-refractivity contribution in [2.75, 3.05) is 5.32 Å². The molecule has 0 saturated heterocycles. The maximum atomic E-state index is 12.5. The molecule has 9 nitrogen and oxygen atoms in total. The van der Waals surface area contributed by atoms with Crippen molar-refractivity contribution in [3.63, 3.8) is 0 Å². The van der Waals surface area contributed by atoms with Gasteiger partial charge in [-0.1, -0.05) is 35.3 Å². The number of anilines is 1. The first kappa shape index (κ1) is 24.7. The highest BCUT2D eigenvalue weighted by Gasteiger charge is 2.22. The minimum atomic E-state index is -1.24. The van der Waals surface area contributed by atoms with E-state index in [4.69, 9.17) is 28.3 Å². The van der Waals surface area contributed by atoms with E-state index in [1.807, 2.05) is 0 Å². The second-order valence-corrected chi connectivity index (χ2v) is 7.89. The molecular formula is C23H17Cl2N3O6. The van der Waals surface area contributed by atoms with E-state index in [1.165, 1.54) is 36.7 Å². The van der Waals surface area contributed by atoms with Crippen molar-refractivity contribution in [3.8, 4) is 0 Å². The number of benzene rings is 2. The van der Waals surface area contributed by atoms with Crippen molar-refractivity contribution in [3.05, 3.63) is 93.2 Å². The molecule has 1 heterocycles. The lowest BCUT2D eigenvalue weighted by atomic mass is 10.0. The Labute approximate surface area is 203 Å². The molecule has 1 aromatic heterocycles. The first-order valence-corrected chi connectivity index (χ1v) is 10.5. The lowest BCUT2D eigenvalue weighted by molar-refractivity contribution is -0.139. The number of carbonyl (C=O) groups excluding carboxylic acids is 2. The fraction of sp³-hybridized carbons (Fsp3) is 0.0870. The van der Waals surface area contributed by atoms with Crippen LogP contribution in [0.5, 0.6) is 0 Å². The number of nitrogens with one attached hydrogen (secondary N) is 2. The van der Waals surface area contributed by atoms with Crippen molar-refractivity contribution >= 4 is 52.6 Å². The number of halogens is 2. The Bertz CT molecular complexity index is 1230. The number of rotatable bonds is 8. The van der Waals surface area contributed by atoms with Gasteiger partial charge in [0.25, 0.3) is 11.8 Å². The molecule has 4 N–H and O–H groups in total. The topological polar surface area (TPSA) is 146 Å². The number of carboxylic acids is 2. The Hall–Kier alpha value is -3.95. The molecule has 174 valence electrons. The predicted molar refractivity (Wildman–Crippen MR) is 125 cm³/mol. The smallest absolute Gasteiger partial charge is 0.335 e. The number of hydrogen-bond donors (Lipinski definition) is 4. The molecule has 0 radical (unpaired) electrons. The third-order valence-corrected chi connectivity index (χ3v) is 5.30. The molecular weight excluding hydrogens is 485 g/mol. The van der Waals surface area contributed by atoms with Crippen molar-refractivity contribution in [2.45, 2.75) is 12.5 Å². The average Bonchev–Trinajstić information content (AvgIpc) is 2.79. The van der Waals surface area contributed by atoms with Crippen LogP contribution in [0.15, 0.2) is 60.9 Å². The molecule has 0 bridgehead atoms. The molecule has 0 aliphatic rings. The van der Waals surface area contributed by atoms with Gasteiger partial charge in [-0.05, 0) is 42.0 Å². The molecule has 0 fully saturated rings. The van der Waals surface area contributed by atoms with Crippen LogP contribution in [-0.2, 0) is 11.2 Å². The highest BCUT2D eigenvalue weighted by molar-refractivity contribution is 6.40. The summed E-state index contributed by atoms with van der Waals surface area (Å²) in [5, 5.41) is 23.7. The SMILES string of the molecule is O=C(O)c1ccc(C(=O)N[C@@H](Cc2ccc(NC(=O)c3c(Cl)cncc3Cl)cc2)C(=O)O)cc1.